The topological polar surface area (TPSA) is 29.1 Å². The molecule has 2 unspecified atom stereocenters. The predicted octanol–water partition coefficient (Wildman–Crippen LogP) is 1.78. The maximum absolute atomic E-state index is 11.1. The van der Waals surface area contributed by atoms with Crippen molar-refractivity contribution in [3.8, 4) is 0 Å². The van der Waals surface area contributed by atoms with E-state index in [9.17, 15) is 4.21 Å². The Bertz CT molecular complexity index is 199. The van der Waals surface area contributed by atoms with E-state index in [1.54, 1.807) is 6.26 Å². The van der Waals surface area contributed by atoms with E-state index in [0.717, 1.165) is 18.4 Å². The van der Waals surface area contributed by atoms with Gasteiger partial charge in [0.1, 0.15) is 0 Å². The summed E-state index contributed by atoms with van der Waals surface area (Å²) in [6, 6.07) is 0.688. The molecule has 1 aliphatic rings. The first-order chi connectivity index (χ1) is 6.50. The van der Waals surface area contributed by atoms with Crippen LogP contribution in [0.1, 0.15) is 33.6 Å². The molecule has 2 nitrogen and oxygen atoms in total. The molecule has 0 aromatic rings. The lowest BCUT2D eigenvalue weighted by Crippen LogP contribution is -2.45. The van der Waals surface area contributed by atoms with Crippen LogP contribution in [0.2, 0.25) is 0 Å². The lowest BCUT2D eigenvalue weighted by atomic mass is 9.74. The van der Waals surface area contributed by atoms with Crippen molar-refractivity contribution < 1.29 is 4.21 Å². The van der Waals surface area contributed by atoms with Crippen molar-refractivity contribution in [3.63, 3.8) is 0 Å². The molecule has 0 heterocycles. The van der Waals surface area contributed by atoms with Gasteiger partial charge in [0.2, 0.25) is 0 Å². The van der Waals surface area contributed by atoms with Crippen molar-refractivity contribution in [2.24, 2.45) is 11.8 Å². The lowest BCUT2D eigenvalue weighted by molar-refractivity contribution is 0.169. The van der Waals surface area contributed by atoms with Crippen LogP contribution in [0.25, 0.3) is 0 Å². The third-order valence-electron chi connectivity index (χ3n) is 3.38. The highest BCUT2D eigenvalue weighted by molar-refractivity contribution is 7.84. The first kappa shape index (κ1) is 12.2. The molecule has 0 aliphatic heterocycles. The Labute approximate surface area is 90.3 Å². The Morgan fingerprint density at radius 1 is 1.36 bits per heavy atom. The fraction of sp³-hybridized carbons (Fsp3) is 1.00. The van der Waals surface area contributed by atoms with E-state index in [1.807, 2.05) is 6.92 Å². The molecule has 0 radical (unpaired) electrons. The summed E-state index contributed by atoms with van der Waals surface area (Å²) >= 11 is 0. The molecular weight excluding hydrogens is 194 g/mol. The van der Waals surface area contributed by atoms with Crippen LogP contribution >= 0.6 is 0 Å². The summed E-state index contributed by atoms with van der Waals surface area (Å²) in [4.78, 5) is 0. The van der Waals surface area contributed by atoms with E-state index in [1.165, 1.54) is 12.8 Å². The van der Waals surface area contributed by atoms with E-state index in [-0.39, 0.29) is 5.25 Å². The summed E-state index contributed by atoms with van der Waals surface area (Å²) in [5, 5.41) is 3.78. The van der Waals surface area contributed by atoms with Crippen LogP contribution in [-0.2, 0) is 10.8 Å². The second-order valence-electron chi connectivity index (χ2n) is 4.89. The zero-order valence-electron chi connectivity index (χ0n) is 9.75. The zero-order valence-corrected chi connectivity index (χ0v) is 10.6. The second-order valence-corrected chi connectivity index (χ2v) is 6.69. The van der Waals surface area contributed by atoms with Gasteiger partial charge in [-0.2, -0.15) is 0 Å². The Kier molecular flexibility index (Phi) is 4.58. The van der Waals surface area contributed by atoms with E-state index in [4.69, 9.17) is 0 Å². The summed E-state index contributed by atoms with van der Waals surface area (Å²) in [7, 11) is -0.685. The predicted molar refractivity (Wildman–Crippen MR) is 62.9 cm³/mol. The first-order valence-corrected chi connectivity index (χ1v) is 7.18. The molecule has 1 aliphatic carbocycles. The van der Waals surface area contributed by atoms with Crippen molar-refractivity contribution in [2.45, 2.75) is 44.9 Å². The van der Waals surface area contributed by atoms with Crippen molar-refractivity contribution >= 4 is 10.8 Å². The molecule has 0 amide bonds. The van der Waals surface area contributed by atoms with E-state index < -0.39 is 10.8 Å². The highest BCUT2D eigenvalue weighted by atomic mass is 32.2. The van der Waals surface area contributed by atoms with Gasteiger partial charge in [-0.25, -0.2) is 0 Å². The third-order valence-corrected chi connectivity index (χ3v) is 4.68. The van der Waals surface area contributed by atoms with Gasteiger partial charge in [-0.15, -0.1) is 0 Å². The molecule has 84 valence electrons. The molecule has 0 aromatic heterocycles. The van der Waals surface area contributed by atoms with Crippen molar-refractivity contribution in [1.82, 2.24) is 5.32 Å². The smallest absolute Gasteiger partial charge is 0.0441 e. The Balaban J connectivity index is 2.09. The van der Waals surface area contributed by atoms with Crippen LogP contribution in [0, 0.1) is 11.8 Å². The highest BCUT2D eigenvalue weighted by Gasteiger charge is 2.30. The summed E-state index contributed by atoms with van der Waals surface area (Å²) in [5.41, 5.74) is 0. The molecule has 0 saturated heterocycles. The minimum Gasteiger partial charge on any atom is -0.313 e. The van der Waals surface area contributed by atoms with Crippen LogP contribution in [0.15, 0.2) is 0 Å². The molecule has 0 spiro atoms. The number of rotatable bonds is 5. The minimum atomic E-state index is -0.685. The van der Waals surface area contributed by atoms with Crippen LogP contribution in [0.4, 0.5) is 0 Å². The maximum Gasteiger partial charge on any atom is 0.0441 e. The number of nitrogens with one attached hydrogen (secondary N) is 1. The molecule has 1 fully saturated rings. The van der Waals surface area contributed by atoms with Gasteiger partial charge in [-0.1, -0.05) is 13.8 Å². The second kappa shape index (κ2) is 5.26. The minimum absolute atomic E-state index is 0.285. The van der Waals surface area contributed by atoms with Crippen molar-refractivity contribution in [1.29, 1.82) is 0 Å². The SMILES string of the molecule is CC(C)C1CC(NCC(C)S(C)=O)C1. The Morgan fingerprint density at radius 3 is 2.36 bits per heavy atom. The first-order valence-electron chi connectivity index (χ1n) is 5.56. The molecule has 0 bridgehead atoms. The van der Waals surface area contributed by atoms with Gasteiger partial charge in [0, 0.05) is 34.9 Å². The van der Waals surface area contributed by atoms with Gasteiger partial charge in [0.15, 0.2) is 0 Å². The van der Waals surface area contributed by atoms with Crippen LogP contribution in [0.3, 0.4) is 0 Å². The maximum atomic E-state index is 11.1. The molecule has 1 N–H and O–H groups in total. The molecule has 14 heavy (non-hydrogen) atoms. The highest BCUT2D eigenvalue weighted by Crippen LogP contribution is 2.33. The van der Waals surface area contributed by atoms with E-state index >= 15 is 0 Å². The summed E-state index contributed by atoms with van der Waals surface area (Å²) in [5.74, 6) is 1.74. The fourth-order valence-corrected chi connectivity index (χ4v) is 2.15. The zero-order chi connectivity index (χ0) is 10.7. The van der Waals surface area contributed by atoms with Crippen LogP contribution in [0.5, 0.6) is 0 Å². The molecule has 1 rings (SSSR count). The molecule has 2 atom stereocenters. The van der Waals surface area contributed by atoms with Gasteiger partial charge < -0.3 is 5.32 Å². The Morgan fingerprint density at radius 2 is 1.93 bits per heavy atom. The molecule has 0 aromatic carbocycles. The third kappa shape index (κ3) is 3.35. The standard InChI is InChI=1S/C11H23NOS/c1-8(2)10-5-11(6-10)12-7-9(3)14(4)13/h8-12H,5-7H2,1-4H3. The summed E-state index contributed by atoms with van der Waals surface area (Å²) < 4.78 is 11.1. The van der Waals surface area contributed by atoms with Crippen LogP contribution < -0.4 is 5.32 Å². The van der Waals surface area contributed by atoms with Crippen LogP contribution in [-0.4, -0.2) is 28.3 Å². The van der Waals surface area contributed by atoms with Gasteiger partial charge >= 0.3 is 0 Å². The number of hydrogen-bond acceptors (Lipinski definition) is 2. The van der Waals surface area contributed by atoms with E-state index in [2.05, 4.69) is 19.2 Å². The van der Waals surface area contributed by atoms with Gasteiger partial charge in [-0.05, 0) is 31.6 Å². The van der Waals surface area contributed by atoms with Gasteiger partial charge in [0.25, 0.3) is 0 Å². The average molecular weight is 217 g/mol. The average Bonchev–Trinajstić information content (AvgIpc) is 1.99. The fourth-order valence-electron chi connectivity index (χ4n) is 1.82. The van der Waals surface area contributed by atoms with Crippen molar-refractivity contribution in [3.05, 3.63) is 0 Å². The normalized spacial score (nSPS) is 31.2. The van der Waals surface area contributed by atoms with Gasteiger partial charge in [0.05, 0.1) is 0 Å². The van der Waals surface area contributed by atoms with Gasteiger partial charge in [-0.3, -0.25) is 4.21 Å². The summed E-state index contributed by atoms with van der Waals surface area (Å²) in [6.07, 6.45) is 4.39. The quantitative estimate of drug-likeness (QED) is 0.760. The lowest BCUT2D eigenvalue weighted by Gasteiger charge is -2.39. The molecule has 1 saturated carbocycles. The largest absolute Gasteiger partial charge is 0.313 e. The van der Waals surface area contributed by atoms with Crippen molar-refractivity contribution in [2.75, 3.05) is 12.8 Å². The summed E-state index contributed by atoms with van der Waals surface area (Å²) in [6.45, 7) is 7.54. The molecular formula is C11H23NOS. The molecule has 3 heteroatoms. The number of hydrogen-bond donors (Lipinski definition) is 1. The monoisotopic (exact) mass is 217 g/mol. The van der Waals surface area contributed by atoms with E-state index in [0.29, 0.717) is 6.04 Å². The Hall–Kier alpha value is 0.110.